The topological polar surface area (TPSA) is 0 Å². The second kappa shape index (κ2) is 4.13. The van der Waals surface area contributed by atoms with Gasteiger partial charge in [-0.15, -0.1) is 11.6 Å². The SMILES string of the molecule is CC1(Cc2cccc(F)c2)CCC(Cl)C1. The zero-order chi connectivity index (χ0) is 10.9. The highest BCUT2D eigenvalue weighted by molar-refractivity contribution is 6.20. The van der Waals surface area contributed by atoms with E-state index in [1.165, 1.54) is 6.07 Å². The lowest BCUT2D eigenvalue weighted by atomic mass is 9.82. The summed E-state index contributed by atoms with van der Waals surface area (Å²) in [6.45, 7) is 2.25. The number of alkyl halides is 1. The van der Waals surface area contributed by atoms with Crippen molar-refractivity contribution in [2.45, 2.75) is 38.0 Å². The van der Waals surface area contributed by atoms with Crippen molar-refractivity contribution in [3.8, 4) is 0 Å². The molecule has 1 saturated carbocycles. The second-order valence-electron chi connectivity index (χ2n) is 4.96. The maximum atomic E-state index is 13.0. The molecule has 0 bridgehead atoms. The lowest BCUT2D eigenvalue weighted by Gasteiger charge is -2.23. The fourth-order valence-corrected chi connectivity index (χ4v) is 3.03. The molecule has 82 valence electrons. The first-order valence-corrected chi connectivity index (χ1v) is 5.90. The van der Waals surface area contributed by atoms with Crippen LogP contribution < -0.4 is 0 Å². The Hall–Kier alpha value is -0.560. The summed E-state index contributed by atoms with van der Waals surface area (Å²) in [4.78, 5) is 0. The summed E-state index contributed by atoms with van der Waals surface area (Å²) in [5.74, 6) is -0.142. The number of rotatable bonds is 2. The van der Waals surface area contributed by atoms with Crippen molar-refractivity contribution < 1.29 is 4.39 Å². The minimum atomic E-state index is -0.142. The minimum Gasteiger partial charge on any atom is -0.207 e. The Morgan fingerprint density at radius 3 is 2.93 bits per heavy atom. The molecule has 0 aliphatic heterocycles. The van der Waals surface area contributed by atoms with Crippen LogP contribution in [0.1, 0.15) is 31.7 Å². The van der Waals surface area contributed by atoms with E-state index in [-0.39, 0.29) is 11.2 Å². The molecule has 0 nitrogen and oxygen atoms in total. The van der Waals surface area contributed by atoms with Gasteiger partial charge in [0, 0.05) is 5.38 Å². The van der Waals surface area contributed by atoms with E-state index in [1.54, 1.807) is 12.1 Å². The van der Waals surface area contributed by atoms with Gasteiger partial charge in [0.15, 0.2) is 0 Å². The van der Waals surface area contributed by atoms with Crippen LogP contribution in [-0.2, 0) is 6.42 Å². The standard InChI is InChI=1S/C13H16ClF/c1-13(6-5-11(14)9-13)8-10-3-2-4-12(15)7-10/h2-4,7,11H,5-6,8-9H2,1H3. The first-order chi connectivity index (χ1) is 7.07. The normalized spacial score (nSPS) is 30.7. The van der Waals surface area contributed by atoms with Crippen molar-refractivity contribution in [3.63, 3.8) is 0 Å². The van der Waals surface area contributed by atoms with E-state index >= 15 is 0 Å². The molecule has 2 heteroatoms. The van der Waals surface area contributed by atoms with Crippen molar-refractivity contribution in [3.05, 3.63) is 35.6 Å². The zero-order valence-electron chi connectivity index (χ0n) is 8.97. The fraction of sp³-hybridized carbons (Fsp3) is 0.538. The molecule has 2 unspecified atom stereocenters. The lowest BCUT2D eigenvalue weighted by Crippen LogP contribution is -2.15. The molecule has 1 aromatic carbocycles. The van der Waals surface area contributed by atoms with Crippen LogP contribution in [0, 0.1) is 11.2 Å². The van der Waals surface area contributed by atoms with Crippen LogP contribution in [0.15, 0.2) is 24.3 Å². The molecular weight excluding hydrogens is 211 g/mol. The van der Waals surface area contributed by atoms with E-state index in [0.29, 0.717) is 5.38 Å². The molecule has 0 saturated heterocycles. The maximum Gasteiger partial charge on any atom is 0.123 e. The van der Waals surface area contributed by atoms with E-state index in [2.05, 4.69) is 6.92 Å². The number of benzene rings is 1. The Labute approximate surface area is 95.4 Å². The zero-order valence-corrected chi connectivity index (χ0v) is 9.73. The summed E-state index contributed by atoms with van der Waals surface area (Å²) < 4.78 is 13.0. The van der Waals surface area contributed by atoms with Gasteiger partial charge < -0.3 is 0 Å². The van der Waals surface area contributed by atoms with Crippen molar-refractivity contribution in [1.29, 1.82) is 0 Å². The molecule has 2 atom stereocenters. The predicted molar refractivity (Wildman–Crippen MR) is 61.7 cm³/mol. The molecule has 1 fully saturated rings. The Bertz CT molecular complexity index is 350. The summed E-state index contributed by atoms with van der Waals surface area (Å²) in [6.07, 6.45) is 4.23. The largest absolute Gasteiger partial charge is 0.207 e. The summed E-state index contributed by atoms with van der Waals surface area (Å²) in [5, 5.41) is 0.309. The average molecular weight is 227 g/mol. The maximum absolute atomic E-state index is 13.0. The summed E-state index contributed by atoms with van der Waals surface area (Å²) in [6, 6.07) is 6.90. The van der Waals surface area contributed by atoms with Crippen LogP contribution in [-0.4, -0.2) is 5.38 Å². The first-order valence-electron chi connectivity index (χ1n) is 5.46. The van der Waals surface area contributed by atoms with Gasteiger partial charge in [-0.05, 0) is 48.8 Å². The molecule has 1 aliphatic carbocycles. The Morgan fingerprint density at radius 1 is 1.53 bits per heavy atom. The summed E-state index contributed by atoms with van der Waals surface area (Å²) in [5.41, 5.74) is 1.35. The smallest absolute Gasteiger partial charge is 0.123 e. The van der Waals surface area contributed by atoms with Crippen molar-refractivity contribution in [1.82, 2.24) is 0 Å². The molecule has 1 aromatic rings. The Kier molecular flexibility index (Phi) is 3.01. The van der Waals surface area contributed by atoms with E-state index < -0.39 is 0 Å². The van der Waals surface area contributed by atoms with Gasteiger partial charge in [0.05, 0.1) is 0 Å². The van der Waals surface area contributed by atoms with Crippen molar-refractivity contribution in [2.75, 3.05) is 0 Å². The molecule has 15 heavy (non-hydrogen) atoms. The first kappa shape index (κ1) is 10.9. The third-order valence-corrected chi connectivity index (χ3v) is 3.67. The van der Waals surface area contributed by atoms with E-state index in [9.17, 15) is 4.39 Å². The predicted octanol–water partition coefficient (Wildman–Crippen LogP) is 4.17. The van der Waals surface area contributed by atoms with Crippen molar-refractivity contribution in [2.24, 2.45) is 5.41 Å². The van der Waals surface area contributed by atoms with Gasteiger partial charge in [0.25, 0.3) is 0 Å². The van der Waals surface area contributed by atoms with Gasteiger partial charge >= 0.3 is 0 Å². The van der Waals surface area contributed by atoms with Gasteiger partial charge in [-0.25, -0.2) is 4.39 Å². The molecule has 0 aromatic heterocycles. The van der Waals surface area contributed by atoms with Crippen LogP contribution in [0.25, 0.3) is 0 Å². The van der Waals surface area contributed by atoms with Gasteiger partial charge in [0.2, 0.25) is 0 Å². The molecule has 0 spiro atoms. The van der Waals surface area contributed by atoms with E-state index in [1.807, 2.05) is 6.07 Å². The van der Waals surface area contributed by atoms with Gasteiger partial charge in [-0.1, -0.05) is 19.1 Å². The van der Waals surface area contributed by atoms with E-state index in [4.69, 9.17) is 11.6 Å². The molecular formula is C13H16ClF. The average Bonchev–Trinajstić information content (AvgIpc) is 2.45. The van der Waals surface area contributed by atoms with Crippen LogP contribution in [0.2, 0.25) is 0 Å². The monoisotopic (exact) mass is 226 g/mol. The third-order valence-electron chi connectivity index (χ3n) is 3.30. The highest BCUT2D eigenvalue weighted by Gasteiger charge is 2.34. The highest BCUT2D eigenvalue weighted by Crippen LogP contribution is 2.42. The summed E-state index contributed by atoms with van der Waals surface area (Å²) in [7, 11) is 0. The highest BCUT2D eigenvalue weighted by atomic mass is 35.5. The molecule has 0 radical (unpaired) electrons. The lowest BCUT2D eigenvalue weighted by molar-refractivity contribution is 0.334. The quantitative estimate of drug-likeness (QED) is 0.664. The molecule has 1 aliphatic rings. The summed E-state index contributed by atoms with van der Waals surface area (Å²) >= 11 is 6.12. The van der Waals surface area contributed by atoms with Crippen LogP contribution in [0.3, 0.4) is 0 Å². The van der Waals surface area contributed by atoms with E-state index in [0.717, 1.165) is 31.2 Å². The van der Waals surface area contributed by atoms with Crippen LogP contribution >= 0.6 is 11.6 Å². The molecule has 0 N–H and O–H groups in total. The molecule has 0 amide bonds. The van der Waals surface area contributed by atoms with Gasteiger partial charge in [-0.2, -0.15) is 0 Å². The molecule has 0 heterocycles. The van der Waals surface area contributed by atoms with Crippen molar-refractivity contribution >= 4 is 11.6 Å². The third kappa shape index (κ3) is 2.72. The number of hydrogen-bond acceptors (Lipinski definition) is 0. The molecule has 2 rings (SSSR count). The number of hydrogen-bond donors (Lipinski definition) is 0. The number of halogens is 2. The Balaban J connectivity index is 2.08. The second-order valence-corrected chi connectivity index (χ2v) is 5.57. The Morgan fingerprint density at radius 2 is 2.33 bits per heavy atom. The van der Waals surface area contributed by atoms with Gasteiger partial charge in [0.1, 0.15) is 5.82 Å². The van der Waals surface area contributed by atoms with Crippen LogP contribution in [0.4, 0.5) is 4.39 Å². The van der Waals surface area contributed by atoms with Gasteiger partial charge in [-0.3, -0.25) is 0 Å². The fourth-order valence-electron chi connectivity index (χ4n) is 2.54. The van der Waals surface area contributed by atoms with Crippen LogP contribution in [0.5, 0.6) is 0 Å². The minimum absolute atomic E-state index is 0.142.